The summed E-state index contributed by atoms with van der Waals surface area (Å²) in [6.45, 7) is 11.8. The topological polar surface area (TPSA) is 235 Å². The molecule has 0 unspecified atom stereocenters. The van der Waals surface area contributed by atoms with Crippen LogP contribution in [-0.2, 0) is 39.3 Å². The van der Waals surface area contributed by atoms with Gasteiger partial charge in [-0.15, -0.1) is 0 Å². The molecule has 4 N–H and O–H groups in total. The van der Waals surface area contributed by atoms with Crippen molar-refractivity contribution in [2.24, 2.45) is 16.5 Å². The lowest BCUT2D eigenvalue weighted by atomic mass is 10.1. The van der Waals surface area contributed by atoms with E-state index in [0.717, 1.165) is 30.7 Å². The molecule has 1 amide bonds. The zero-order valence-electron chi connectivity index (χ0n) is 26.5. The fourth-order valence-electron chi connectivity index (χ4n) is 3.60. The highest BCUT2D eigenvalue weighted by atomic mass is 35.5. The van der Waals surface area contributed by atoms with E-state index in [1.807, 2.05) is 0 Å². The molecular formula is C27H38ClN3O10S4. The summed E-state index contributed by atoms with van der Waals surface area (Å²) in [6.07, 6.45) is 1.76. The lowest BCUT2D eigenvalue weighted by Crippen LogP contribution is -2.29. The molecule has 0 aliphatic heterocycles. The first-order valence-electron chi connectivity index (χ1n) is 12.8. The summed E-state index contributed by atoms with van der Waals surface area (Å²) in [4.78, 5) is 25.2. The quantitative estimate of drug-likeness (QED) is 0.248. The number of sulfone groups is 4. The van der Waals surface area contributed by atoms with Crippen molar-refractivity contribution < 1.29 is 43.3 Å². The molecule has 45 heavy (non-hydrogen) atoms. The van der Waals surface area contributed by atoms with Gasteiger partial charge in [0.15, 0.2) is 45.3 Å². The van der Waals surface area contributed by atoms with Gasteiger partial charge in [-0.2, -0.15) is 4.99 Å². The monoisotopic (exact) mass is 727 g/mol. The molecular weight excluding hydrogens is 690 g/mol. The zero-order valence-corrected chi connectivity index (χ0v) is 30.5. The van der Waals surface area contributed by atoms with E-state index in [1.165, 1.54) is 61.5 Å². The molecule has 0 fully saturated rings. The van der Waals surface area contributed by atoms with Crippen LogP contribution < -0.4 is 11.5 Å². The van der Waals surface area contributed by atoms with Crippen molar-refractivity contribution in [1.29, 1.82) is 0 Å². The number of amides is 1. The van der Waals surface area contributed by atoms with Gasteiger partial charge >= 0.3 is 0 Å². The fraction of sp³-hybridized carbons (Fsp3) is 0.444. The Morgan fingerprint density at radius 2 is 0.933 bits per heavy atom. The van der Waals surface area contributed by atoms with Gasteiger partial charge in [0.25, 0.3) is 11.1 Å². The summed E-state index contributed by atoms with van der Waals surface area (Å²) in [5.41, 5.74) is 10.8. The van der Waals surface area contributed by atoms with Crippen LogP contribution in [0.5, 0.6) is 0 Å². The predicted octanol–water partition coefficient (Wildman–Crippen LogP) is 2.73. The molecule has 2 aromatic carbocycles. The molecule has 0 heterocycles. The summed E-state index contributed by atoms with van der Waals surface area (Å²) in [6, 6.07) is 4.37. The Kier molecular flexibility index (Phi) is 11.7. The Morgan fingerprint density at radius 3 is 1.20 bits per heavy atom. The van der Waals surface area contributed by atoms with Gasteiger partial charge in [-0.1, -0.05) is 0 Å². The molecule has 13 nitrogen and oxygen atoms in total. The second-order valence-electron chi connectivity index (χ2n) is 12.1. The predicted molar refractivity (Wildman–Crippen MR) is 173 cm³/mol. The van der Waals surface area contributed by atoms with Gasteiger partial charge in [0, 0.05) is 23.6 Å². The molecule has 0 bridgehead atoms. The Bertz CT molecular complexity index is 2020. The lowest BCUT2D eigenvalue weighted by molar-refractivity contribution is 0.100. The van der Waals surface area contributed by atoms with Crippen LogP contribution in [0.4, 0.5) is 0 Å². The van der Waals surface area contributed by atoms with Crippen LogP contribution in [-0.4, -0.2) is 72.8 Å². The number of aliphatic imine (C=N–C) groups is 1. The van der Waals surface area contributed by atoms with Crippen molar-refractivity contribution in [2.75, 3.05) is 12.5 Å². The molecule has 0 saturated heterocycles. The first-order chi connectivity index (χ1) is 19.8. The van der Waals surface area contributed by atoms with Crippen molar-refractivity contribution in [2.45, 2.75) is 84.5 Å². The highest BCUT2D eigenvalue weighted by Gasteiger charge is 2.37. The molecule has 0 saturated carbocycles. The molecule has 0 aliphatic rings. The van der Waals surface area contributed by atoms with E-state index in [2.05, 4.69) is 4.99 Å². The fourth-order valence-corrected chi connectivity index (χ4v) is 9.52. The van der Waals surface area contributed by atoms with E-state index in [-0.39, 0.29) is 26.5 Å². The van der Waals surface area contributed by atoms with Gasteiger partial charge in [-0.05, 0) is 102 Å². The van der Waals surface area contributed by atoms with Crippen LogP contribution in [0.15, 0.2) is 48.8 Å². The van der Waals surface area contributed by atoms with Crippen molar-refractivity contribution in [3.63, 3.8) is 0 Å². The Labute approximate surface area is 270 Å². The van der Waals surface area contributed by atoms with Crippen molar-refractivity contribution >= 4 is 68.1 Å². The van der Waals surface area contributed by atoms with E-state index in [1.54, 1.807) is 0 Å². The number of nitrogens with zero attached hydrogens (tertiary/aromatic N) is 1. The second kappa shape index (κ2) is 13.1. The van der Waals surface area contributed by atoms with E-state index in [9.17, 15) is 43.3 Å². The third-order valence-corrected chi connectivity index (χ3v) is 14.0. The standard InChI is InChI=1S/C14H21N3O5S2.C13H17ClO5S2/c1-8-6-11(24(21,22)14(2,3)4)10(23(5,19)20)7-9(8)12(18)17-13(15)16;1-8-6-11(21(18,19)13(2,3)4)10(20(5,16)17)7-9(8)12(14)15/h6-7H,1-5H3,(H4,15,16,17,18);6-7H,1-5H3. The van der Waals surface area contributed by atoms with Crippen LogP contribution in [0.1, 0.15) is 73.4 Å². The Hall–Kier alpha value is -2.86. The van der Waals surface area contributed by atoms with Crippen LogP contribution in [0.25, 0.3) is 0 Å². The number of hydrogen-bond donors (Lipinski definition) is 2. The largest absolute Gasteiger partial charge is 0.370 e. The lowest BCUT2D eigenvalue weighted by Gasteiger charge is -2.22. The Balaban J connectivity index is 0.000000454. The third kappa shape index (κ3) is 9.12. The van der Waals surface area contributed by atoms with E-state index < -0.39 is 75.7 Å². The van der Waals surface area contributed by atoms with E-state index >= 15 is 0 Å². The minimum absolute atomic E-state index is 0.0232. The van der Waals surface area contributed by atoms with Gasteiger partial charge in [0.05, 0.1) is 29.1 Å². The normalized spacial score (nSPS) is 13.0. The number of rotatable bonds is 6. The molecule has 252 valence electrons. The van der Waals surface area contributed by atoms with Crippen molar-refractivity contribution in [1.82, 2.24) is 0 Å². The Morgan fingerprint density at radius 1 is 0.622 bits per heavy atom. The number of halogens is 1. The molecule has 0 radical (unpaired) electrons. The highest BCUT2D eigenvalue weighted by molar-refractivity contribution is 7.95. The summed E-state index contributed by atoms with van der Waals surface area (Å²) in [5.74, 6) is -1.33. The molecule has 18 heteroatoms. The number of nitrogens with two attached hydrogens (primary N) is 2. The van der Waals surface area contributed by atoms with Crippen molar-refractivity contribution in [3.8, 4) is 0 Å². The maximum atomic E-state index is 12.7. The molecule has 2 rings (SSSR count). The maximum Gasteiger partial charge on any atom is 0.280 e. The number of guanidine groups is 1. The van der Waals surface area contributed by atoms with E-state index in [4.69, 9.17) is 23.1 Å². The van der Waals surface area contributed by atoms with Gasteiger partial charge in [-0.25, -0.2) is 33.7 Å². The molecule has 0 aliphatic carbocycles. The summed E-state index contributed by atoms with van der Waals surface area (Å²) >= 11 is 5.40. The van der Waals surface area contributed by atoms with Crippen LogP contribution >= 0.6 is 11.6 Å². The summed E-state index contributed by atoms with van der Waals surface area (Å²) < 4.78 is 96.1. The number of carbonyl (C=O) groups excluding carboxylic acids is 2. The summed E-state index contributed by atoms with van der Waals surface area (Å²) in [7, 11) is -15.6. The minimum Gasteiger partial charge on any atom is -0.370 e. The highest BCUT2D eigenvalue weighted by Crippen LogP contribution is 2.34. The maximum absolute atomic E-state index is 12.7. The molecule has 0 aromatic heterocycles. The zero-order chi connectivity index (χ0) is 35.9. The average molecular weight is 728 g/mol. The van der Waals surface area contributed by atoms with Crippen LogP contribution in [0, 0.1) is 13.8 Å². The number of aryl methyl sites for hydroxylation is 2. The minimum atomic E-state index is -3.95. The number of hydrogen-bond acceptors (Lipinski definition) is 10. The smallest absolute Gasteiger partial charge is 0.280 e. The van der Waals surface area contributed by atoms with Crippen LogP contribution in [0.2, 0.25) is 0 Å². The average Bonchev–Trinajstić information content (AvgIpc) is 2.80. The molecule has 0 atom stereocenters. The van der Waals surface area contributed by atoms with E-state index in [0.29, 0.717) is 5.56 Å². The summed E-state index contributed by atoms with van der Waals surface area (Å²) in [5, 5.41) is -0.836. The number of benzene rings is 2. The SMILES string of the molecule is Cc1cc(S(=O)(=O)C(C)(C)C)c(S(C)(=O)=O)cc1C(=O)Cl.Cc1cc(S(=O)(=O)C(C)(C)C)c(S(C)(=O)=O)cc1C(=O)N=C(N)N. The molecule has 2 aromatic rings. The van der Waals surface area contributed by atoms with Gasteiger partial charge < -0.3 is 11.5 Å². The number of carbonyl (C=O) groups is 2. The third-order valence-electron chi connectivity index (χ3n) is 6.24. The first-order valence-corrected chi connectivity index (χ1v) is 19.9. The van der Waals surface area contributed by atoms with Gasteiger partial charge in [0.1, 0.15) is 0 Å². The van der Waals surface area contributed by atoms with Gasteiger partial charge in [-0.3, -0.25) is 9.59 Å². The molecule has 0 spiro atoms. The van der Waals surface area contributed by atoms with Gasteiger partial charge in [0.2, 0.25) is 0 Å². The van der Waals surface area contributed by atoms with Crippen molar-refractivity contribution in [3.05, 3.63) is 46.5 Å². The second-order valence-corrected chi connectivity index (χ2v) is 21.8. The first kappa shape index (κ1) is 40.2. The van der Waals surface area contributed by atoms with Crippen LogP contribution in [0.3, 0.4) is 0 Å².